The molecule has 1 N–H and O–H groups in total. The first-order valence-electron chi connectivity index (χ1n) is 7.36. The van der Waals surface area contributed by atoms with E-state index in [4.69, 9.17) is 0 Å². The molecule has 0 bridgehead atoms. The number of hydrogen-bond acceptors (Lipinski definition) is 4. The van der Waals surface area contributed by atoms with Crippen molar-refractivity contribution in [3.63, 3.8) is 0 Å². The molecule has 0 spiro atoms. The zero-order valence-electron chi connectivity index (χ0n) is 12.8. The lowest BCUT2D eigenvalue weighted by Gasteiger charge is -2.04. The van der Waals surface area contributed by atoms with Crippen LogP contribution in [0.3, 0.4) is 0 Å². The van der Waals surface area contributed by atoms with Crippen LogP contribution in [0.15, 0.2) is 54.6 Å². The fourth-order valence-electron chi connectivity index (χ4n) is 2.11. The number of tetrazole rings is 1. The Bertz CT molecular complexity index is 780. The van der Waals surface area contributed by atoms with Gasteiger partial charge in [0.2, 0.25) is 11.7 Å². The molecular formula is C17H17N5O. The topological polar surface area (TPSA) is 72.7 Å². The number of nitrogens with zero attached hydrogens (tertiary/aromatic N) is 4. The maximum absolute atomic E-state index is 11.9. The van der Waals surface area contributed by atoms with Gasteiger partial charge in [-0.15, -0.1) is 10.2 Å². The van der Waals surface area contributed by atoms with Crippen molar-refractivity contribution in [2.45, 2.75) is 20.0 Å². The van der Waals surface area contributed by atoms with Gasteiger partial charge in [-0.3, -0.25) is 4.79 Å². The predicted octanol–water partition coefficient (Wildman–Crippen LogP) is 1.96. The highest BCUT2D eigenvalue weighted by Gasteiger charge is 2.09. The van der Waals surface area contributed by atoms with E-state index in [1.807, 2.05) is 61.5 Å². The molecule has 0 atom stereocenters. The quantitative estimate of drug-likeness (QED) is 0.782. The second kappa shape index (κ2) is 6.83. The maximum atomic E-state index is 11.9. The molecule has 3 aromatic rings. The van der Waals surface area contributed by atoms with Crippen LogP contribution in [0.25, 0.3) is 11.4 Å². The van der Waals surface area contributed by atoms with Crippen LogP contribution in [0, 0.1) is 6.92 Å². The Labute approximate surface area is 134 Å². The first-order chi connectivity index (χ1) is 11.2. The van der Waals surface area contributed by atoms with E-state index in [0.717, 1.165) is 11.1 Å². The van der Waals surface area contributed by atoms with Crippen LogP contribution in [0.1, 0.15) is 11.1 Å². The molecule has 0 radical (unpaired) electrons. The van der Waals surface area contributed by atoms with Crippen LogP contribution in [0.4, 0.5) is 0 Å². The molecule has 1 amide bonds. The monoisotopic (exact) mass is 307 g/mol. The van der Waals surface area contributed by atoms with Gasteiger partial charge in [0.25, 0.3) is 0 Å². The van der Waals surface area contributed by atoms with Crippen LogP contribution in [-0.4, -0.2) is 26.1 Å². The van der Waals surface area contributed by atoms with Crippen LogP contribution in [-0.2, 0) is 17.9 Å². The van der Waals surface area contributed by atoms with E-state index >= 15 is 0 Å². The van der Waals surface area contributed by atoms with Crippen LogP contribution in [0.2, 0.25) is 0 Å². The Morgan fingerprint density at radius 2 is 1.83 bits per heavy atom. The highest BCUT2D eigenvalue weighted by molar-refractivity contribution is 5.75. The normalized spacial score (nSPS) is 10.5. The fourth-order valence-corrected chi connectivity index (χ4v) is 2.11. The minimum absolute atomic E-state index is 0.0473. The summed E-state index contributed by atoms with van der Waals surface area (Å²) in [5, 5.41) is 15.0. The zero-order chi connectivity index (χ0) is 16.1. The van der Waals surface area contributed by atoms with Crippen molar-refractivity contribution in [3.05, 3.63) is 65.7 Å². The molecule has 0 aliphatic rings. The van der Waals surface area contributed by atoms with Gasteiger partial charge in [0.05, 0.1) is 0 Å². The van der Waals surface area contributed by atoms with E-state index in [0.29, 0.717) is 12.4 Å². The molecule has 1 heterocycles. The van der Waals surface area contributed by atoms with Gasteiger partial charge in [-0.2, -0.15) is 4.80 Å². The van der Waals surface area contributed by atoms with Crippen molar-refractivity contribution in [1.82, 2.24) is 25.5 Å². The van der Waals surface area contributed by atoms with Gasteiger partial charge in [-0.1, -0.05) is 60.2 Å². The summed E-state index contributed by atoms with van der Waals surface area (Å²) in [6.45, 7) is 2.55. The molecule has 2 aromatic carbocycles. The first kappa shape index (κ1) is 14.9. The van der Waals surface area contributed by atoms with Gasteiger partial charge in [0.15, 0.2) is 0 Å². The molecule has 6 heteroatoms. The van der Waals surface area contributed by atoms with Gasteiger partial charge < -0.3 is 5.32 Å². The van der Waals surface area contributed by atoms with Crippen molar-refractivity contribution >= 4 is 5.91 Å². The third-order valence-electron chi connectivity index (χ3n) is 3.38. The summed E-state index contributed by atoms with van der Waals surface area (Å²) >= 11 is 0. The average molecular weight is 307 g/mol. The Morgan fingerprint density at radius 1 is 1.09 bits per heavy atom. The van der Waals surface area contributed by atoms with E-state index in [-0.39, 0.29) is 12.5 Å². The minimum Gasteiger partial charge on any atom is -0.350 e. The first-order valence-corrected chi connectivity index (χ1v) is 7.36. The third kappa shape index (κ3) is 4.00. The number of aromatic nitrogens is 4. The standard InChI is InChI=1S/C17H17N5O/c1-13-7-9-15(10-8-13)17-19-21-22(20-17)12-16(23)18-11-14-5-3-2-4-6-14/h2-10H,11-12H2,1H3,(H,18,23). The van der Waals surface area contributed by atoms with E-state index < -0.39 is 0 Å². The number of carbonyl (C=O) groups excluding carboxylic acids is 1. The number of benzene rings is 2. The molecule has 6 nitrogen and oxygen atoms in total. The Hall–Kier alpha value is -3.02. The highest BCUT2D eigenvalue weighted by atomic mass is 16.2. The number of carbonyl (C=O) groups is 1. The maximum Gasteiger partial charge on any atom is 0.243 e. The molecule has 3 rings (SSSR count). The lowest BCUT2D eigenvalue weighted by atomic mass is 10.1. The number of amides is 1. The number of aryl methyl sites for hydroxylation is 1. The molecule has 0 saturated carbocycles. The Balaban J connectivity index is 1.58. The molecule has 0 fully saturated rings. The molecule has 116 valence electrons. The van der Waals surface area contributed by atoms with Crippen LogP contribution >= 0.6 is 0 Å². The van der Waals surface area contributed by atoms with E-state index in [1.165, 1.54) is 10.4 Å². The minimum atomic E-state index is -0.151. The van der Waals surface area contributed by atoms with Crippen molar-refractivity contribution in [1.29, 1.82) is 0 Å². The largest absolute Gasteiger partial charge is 0.350 e. The second-order valence-electron chi connectivity index (χ2n) is 5.27. The van der Waals surface area contributed by atoms with Crippen molar-refractivity contribution in [2.24, 2.45) is 0 Å². The van der Waals surface area contributed by atoms with Crippen molar-refractivity contribution in [2.75, 3.05) is 0 Å². The van der Waals surface area contributed by atoms with Gasteiger partial charge in [0.1, 0.15) is 6.54 Å². The molecule has 0 saturated heterocycles. The van der Waals surface area contributed by atoms with Crippen molar-refractivity contribution in [3.8, 4) is 11.4 Å². The van der Waals surface area contributed by atoms with Gasteiger partial charge in [0, 0.05) is 12.1 Å². The summed E-state index contributed by atoms with van der Waals surface area (Å²) in [5.74, 6) is 0.363. The van der Waals surface area contributed by atoms with Gasteiger partial charge in [-0.25, -0.2) is 0 Å². The molecular weight excluding hydrogens is 290 g/mol. The summed E-state index contributed by atoms with van der Waals surface area (Å²) in [4.78, 5) is 13.2. The van der Waals surface area contributed by atoms with E-state index in [9.17, 15) is 4.79 Å². The molecule has 0 unspecified atom stereocenters. The molecule has 1 aromatic heterocycles. The lowest BCUT2D eigenvalue weighted by Crippen LogP contribution is -2.28. The lowest BCUT2D eigenvalue weighted by molar-refractivity contribution is -0.122. The Kier molecular flexibility index (Phi) is 4.42. The number of hydrogen-bond donors (Lipinski definition) is 1. The van der Waals surface area contributed by atoms with E-state index in [1.54, 1.807) is 0 Å². The molecule has 0 aliphatic carbocycles. The third-order valence-corrected chi connectivity index (χ3v) is 3.38. The highest BCUT2D eigenvalue weighted by Crippen LogP contribution is 2.13. The Morgan fingerprint density at radius 3 is 2.57 bits per heavy atom. The number of rotatable bonds is 5. The van der Waals surface area contributed by atoms with Crippen LogP contribution in [0.5, 0.6) is 0 Å². The second-order valence-corrected chi connectivity index (χ2v) is 5.27. The average Bonchev–Trinajstić information content (AvgIpc) is 3.03. The summed E-state index contributed by atoms with van der Waals surface area (Å²) < 4.78 is 0. The van der Waals surface area contributed by atoms with Gasteiger partial charge >= 0.3 is 0 Å². The summed E-state index contributed by atoms with van der Waals surface area (Å²) in [5.41, 5.74) is 3.10. The zero-order valence-corrected chi connectivity index (χ0v) is 12.8. The molecule has 23 heavy (non-hydrogen) atoms. The van der Waals surface area contributed by atoms with Crippen LogP contribution < -0.4 is 5.32 Å². The van der Waals surface area contributed by atoms with E-state index in [2.05, 4.69) is 20.7 Å². The summed E-state index contributed by atoms with van der Waals surface area (Å²) in [7, 11) is 0. The SMILES string of the molecule is Cc1ccc(-c2nnn(CC(=O)NCc3ccccc3)n2)cc1. The summed E-state index contributed by atoms with van der Waals surface area (Å²) in [6.07, 6.45) is 0. The fraction of sp³-hybridized carbons (Fsp3) is 0.176. The predicted molar refractivity (Wildman–Crippen MR) is 86.3 cm³/mol. The number of nitrogens with one attached hydrogen (secondary N) is 1. The summed E-state index contributed by atoms with van der Waals surface area (Å²) in [6, 6.07) is 17.6. The van der Waals surface area contributed by atoms with Crippen molar-refractivity contribution < 1.29 is 4.79 Å². The molecule has 0 aliphatic heterocycles. The van der Waals surface area contributed by atoms with Gasteiger partial charge in [-0.05, 0) is 17.7 Å². The smallest absolute Gasteiger partial charge is 0.243 e.